The molecule has 1 aromatic rings. The van der Waals surface area contributed by atoms with Crippen LogP contribution in [0.3, 0.4) is 0 Å². The Bertz CT molecular complexity index is 619. The molecule has 152 valence electrons. The fourth-order valence-corrected chi connectivity index (χ4v) is 3.90. The Morgan fingerprint density at radius 1 is 1.30 bits per heavy atom. The summed E-state index contributed by atoms with van der Waals surface area (Å²) in [6, 6.07) is 0.845. The van der Waals surface area contributed by atoms with Gasteiger partial charge in [-0.05, 0) is 25.8 Å². The van der Waals surface area contributed by atoms with Crippen LogP contribution in [-0.4, -0.2) is 85.2 Å². The first-order chi connectivity index (χ1) is 13.2. The molecule has 3 heterocycles. The lowest BCUT2D eigenvalue weighted by atomic mass is 10.1. The van der Waals surface area contributed by atoms with Gasteiger partial charge in [0.25, 0.3) is 0 Å². The SMILES string of the molecule is CN=C(NCC1CCCN1CCOC)NC1CCc2nc(COC)nn2C1. The maximum absolute atomic E-state index is 5.23. The van der Waals surface area contributed by atoms with Crippen LogP contribution in [0, 0.1) is 0 Å². The number of aromatic nitrogens is 3. The van der Waals surface area contributed by atoms with Crippen LogP contribution in [-0.2, 0) is 29.0 Å². The summed E-state index contributed by atoms with van der Waals surface area (Å²) in [4.78, 5) is 11.4. The monoisotopic (exact) mass is 379 g/mol. The van der Waals surface area contributed by atoms with Gasteiger partial charge in [0.1, 0.15) is 12.4 Å². The molecule has 9 heteroatoms. The highest BCUT2D eigenvalue weighted by Gasteiger charge is 2.25. The van der Waals surface area contributed by atoms with Gasteiger partial charge in [-0.2, -0.15) is 5.10 Å². The minimum atomic E-state index is 0.300. The lowest BCUT2D eigenvalue weighted by molar-refractivity contribution is 0.141. The third-order valence-corrected chi connectivity index (χ3v) is 5.33. The first kappa shape index (κ1) is 20.0. The summed E-state index contributed by atoms with van der Waals surface area (Å²) in [5, 5.41) is 11.6. The van der Waals surface area contributed by atoms with E-state index in [1.54, 1.807) is 14.2 Å². The molecule has 27 heavy (non-hydrogen) atoms. The highest BCUT2D eigenvalue weighted by Crippen LogP contribution is 2.16. The fraction of sp³-hybridized carbons (Fsp3) is 0.833. The molecule has 2 aliphatic rings. The molecule has 2 N–H and O–H groups in total. The zero-order valence-electron chi connectivity index (χ0n) is 16.8. The molecule has 0 aliphatic carbocycles. The topological polar surface area (TPSA) is 88.8 Å². The summed E-state index contributed by atoms with van der Waals surface area (Å²) in [6.07, 6.45) is 4.42. The van der Waals surface area contributed by atoms with Crippen LogP contribution in [0.25, 0.3) is 0 Å². The van der Waals surface area contributed by atoms with E-state index in [0.717, 1.165) is 63.2 Å². The van der Waals surface area contributed by atoms with Crippen LogP contribution < -0.4 is 10.6 Å². The molecular formula is C18H33N7O2. The van der Waals surface area contributed by atoms with Crippen LogP contribution in [0.5, 0.6) is 0 Å². The minimum Gasteiger partial charge on any atom is -0.383 e. The third-order valence-electron chi connectivity index (χ3n) is 5.33. The largest absolute Gasteiger partial charge is 0.383 e. The number of rotatable bonds is 8. The summed E-state index contributed by atoms with van der Waals surface area (Å²) in [7, 11) is 5.26. The van der Waals surface area contributed by atoms with Gasteiger partial charge in [-0.1, -0.05) is 0 Å². The van der Waals surface area contributed by atoms with Crippen molar-refractivity contribution < 1.29 is 9.47 Å². The molecule has 1 saturated heterocycles. The van der Waals surface area contributed by atoms with Gasteiger partial charge in [-0.3, -0.25) is 9.89 Å². The van der Waals surface area contributed by atoms with Gasteiger partial charge in [0.2, 0.25) is 0 Å². The molecular weight excluding hydrogens is 346 g/mol. The third kappa shape index (κ3) is 5.40. The van der Waals surface area contributed by atoms with Crippen LogP contribution in [0.1, 0.15) is 30.9 Å². The van der Waals surface area contributed by atoms with Crippen LogP contribution in [0.4, 0.5) is 0 Å². The summed E-state index contributed by atoms with van der Waals surface area (Å²) in [5.74, 6) is 2.66. The second-order valence-corrected chi connectivity index (χ2v) is 7.22. The number of aliphatic imine (C=N–C) groups is 1. The lowest BCUT2D eigenvalue weighted by Gasteiger charge is -2.28. The van der Waals surface area contributed by atoms with Gasteiger partial charge >= 0.3 is 0 Å². The quantitative estimate of drug-likeness (QED) is 0.486. The Morgan fingerprint density at radius 2 is 2.19 bits per heavy atom. The minimum absolute atomic E-state index is 0.300. The van der Waals surface area contributed by atoms with Crippen molar-refractivity contribution in [2.75, 3.05) is 47.5 Å². The number of aryl methyl sites for hydroxylation is 1. The van der Waals surface area contributed by atoms with Crippen molar-refractivity contribution in [1.82, 2.24) is 30.3 Å². The number of hydrogen-bond donors (Lipinski definition) is 2. The van der Waals surface area contributed by atoms with E-state index in [-0.39, 0.29) is 0 Å². The van der Waals surface area contributed by atoms with E-state index >= 15 is 0 Å². The molecule has 0 aromatic carbocycles. The standard InChI is InChI=1S/C18H33N7O2/c1-19-18(20-11-15-5-4-8-24(15)9-10-26-2)21-14-6-7-17-22-16(13-27-3)23-25(17)12-14/h14-15H,4-13H2,1-3H3,(H2,19,20,21). The van der Waals surface area contributed by atoms with Gasteiger partial charge in [0.15, 0.2) is 11.8 Å². The molecule has 2 aliphatic heterocycles. The van der Waals surface area contributed by atoms with E-state index in [1.165, 1.54) is 12.8 Å². The fourth-order valence-electron chi connectivity index (χ4n) is 3.90. The van der Waals surface area contributed by atoms with E-state index in [4.69, 9.17) is 9.47 Å². The van der Waals surface area contributed by atoms with Crippen molar-refractivity contribution in [1.29, 1.82) is 0 Å². The zero-order chi connectivity index (χ0) is 19.1. The molecule has 0 amide bonds. The van der Waals surface area contributed by atoms with Crippen molar-refractivity contribution in [2.24, 2.45) is 4.99 Å². The summed E-state index contributed by atoms with van der Waals surface area (Å²) < 4.78 is 12.4. The molecule has 1 fully saturated rings. The lowest BCUT2D eigenvalue weighted by Crippen LogP contribution is -2.50. The van der Waals surface area contributed by atoms with Crippen LogP contribution in [0.2, 0.25) is 0 Å². The van der Waals surface area contributed by atoms with E-state index in [9.17, 15) is 0 Å². The van der Waals surface area contributed by atoms with E-state index in [2.05, 4.69) is 30.6 Å². The predicted molar refractivity (Wildman–Crippen MR) is 104 cm³/mol. The van der Waals surface area contributed by atoms with E-state index in [0.29, 0.717) is 18.7 Å². The van der Waals surface area contributed by atoms with Gasteiger partial charge in [0.05, 0.1) is 13.2 Å². The summed E-state index contributed by atoms with van der Waals surface area (Å²) in [6.45, 7) is 5.11. The predicted octanol–water partition coefficient (Wildman–Crippen LogP) is 0.0151. The Labute approximate surface area is 161 Å². The Hall–Kier alpha value is -1.71. The smallest absolute Gasteiger partial charge is 0.191 e. The molecule has 2 atom stereocenters. The molecule has 0 radical (unpaired) electrons. The van der Waals surface area contributed by atoms with Crippen molar-refractivity contribution in [3.05, 3.63) is 11.6 Å². The number of likely N-dealkylation sites (tertiary alicyclic amines) is 1. The van der Waals surface area contributed by atoms with Crippen LogP contribution in [0.15, 0.2) is 4.99 Å². The molecule has 9 nitrogen and oxygen atoms in total. The van der Waals surface area contributed by atoms with Crippen molar-refractivity contribution >= 4 is 5.96 Å². The van der Waals surface area contributed by atoms with Crippen LogP contribution >= 0.6 is 0 Å². The first-order valence-corrected chi connectivity index (χ1v) is 9.85. The van der Waals surface area contributed by atoms with Gasteiger partial charge in [-0.15, -0.1) is 0 Å². The Morgan fingerprint density at radius 3 is 2.96 bits per heavy atom. The molecule has 0 saturated carbocycles. The number of nitrogens with zero attached hydrogens (tertiary/aromatic N) is 5. The molecule has 3 rings (SSSR count). The number of guanidine groups is 1. The number of ether oxygens (including phenoxy) is 2. The molecule has 1 aromatic heterocycles. The average Bonchev–Trinajstić information content (AvgIpc) is 3.29. The highest BCUT2D eigenvalue weighted by molar-refractivity contribution is 5.80. The van der Waals surface area contributed by atoms with E-state index in [1.807, 2.05) is 11.7 Å². The Kier molecular flexibility index (Phi) is 7.42. The number of fused-ring (bicyclic) bond motifs is 1. The van der Waals surface area contributed by atoms with Gasteiger partial charge < -0.3 is 20.1 Å². The number of hydrogen-bond acceptors (Lipinski definition) is 6. The van der Waals surface area contributed by atoms with Gasteiger partial charge in [-0.25, -0.2) is 9.67 Å². The Balaban J connectivity index is 1.47. The summed E-state index contributed by atoms with van der Waals surface area (Å²) >= 11 is 0. The first-order valence-electron chi connectivity index (χ1n) is 9.85. The van der Waals surface area contributed by atoms with Crippen molar-refractivity contribution in [3.63, 3.8) is 0 Å². The average molecular weight is 380 g/mol. The van der Waals surface area contributed by atoms with Crippen molar-refractivity contribution in [2.45, 2.75) is 50.9 Å². The maximum Gasteiger partial charge on any atom is 0.191 e. The normalized spacial score (nSPS) is 23.4. The maximum atomic E-state index is 5.23. The second-order valence-electron chi connectivity index (χ2n) is 7.22. The zero-order valence-corrected chi connectivity index (χ0v) is 16.8. The highest BCUT2D eigenvalue weighted by atomic mass is 16.5. The number of nitrogens with one attached hydrogen (secondary N) is 2. The van der Waals surface area contributed by atoms with Gasteiger partial charge in [0, 0.05) is 52.9 Å². The number of methoxy groups -OCH3 is 2. The molecule has 0 bridgehead atoms. The summed E-state index contributed by atoms with van der Waals surface area (Å²) in [5.41, 5.74) is 0. The molecule has 0 spiro atoms. The van der Waals surface area contributed by atoms with E-state index < -0.39 is 0 Å². The van der Waals surface area contributed by atoms with Crippen molar-refractivity contribution in [3.8, 4) is 0 Å². The second kappa shape index (κ2) is 10.0. The molecule has 2 unspecified atom stereocenters.